The molecule has 1 N–H and O–H groups in total. The van der Waals surface area contributed by atoms with Crippen molar-refractivity contribution in [2.45, 2.75) is 19.8 Å². The Bertz CT molecular complexity index is 952. The van der Waals surface area contributed by atoms with Gasteiger partial charge in [0.1, 0.15) is 11.5 Å². The van der Waals surface area contributed by atoms with Gasteiger partial charge in [0.15, 0.2) is 11.5 Å². The summed E-state index contributed by atoms with van der Waals surface area (Å²) in [5.74, 6) is 1.89. The van der Waals surface area contributed by atoms with Crippen molar-refractivity contribution in [3.05, 3.63) is 84.4 Å². The van der Waals surface area contributed by atoms with Crippen molar-refractivity contribution in [3.63, 3.8) is 0 Å². The molecule has 0 spiro atoms. The van der Waals surface area contributed by atoms with Crippen LogP contribution in [0.4, 0.5) is 5.69 Å². The average molecular weight is 389 g/mol. The quantitative estimate of drug-likeness (QED) is 0.389. The number of ketones is 1. The topological polar surface area (TPSA) is 64.6 Å². The van der Waals surface area contributed by atoms with Crippen LogP contribution in [0, 0.1) is 0 Å². The number of hydrogen-bond donors (Lipinski definition) is 1. The van der Waals surface area contributed by atoms with Gasteiger partial charge in [0.05, 0.1) is 12.3 Å². The van der Waals surface area contributed by atoms with E-state index in [1.54, 1.807) is 24.3 Å². The van der Waals surface area contributed by atoms with Gasteiger partial charge in [0.2, 0.25) is 5.91 Å². The van der Waals surface area contributed by atoms with E-state index >= 15 is 0 Å². The molecule has 3 rings (SSSR count). The lowest BCUT2D eigenvalue weighted by Crippen LogP contribution is -2.13. The van der Waals surface area contributed by atoms with Crippen molar-refractivity contribution in [3.8, 4) is 17.2 Å². The van der Waals surface area contributed by atoms with Crippen LogP contribution in [-0.2, 0) is 4.79 Å². The molecule has 148 valence electrons. The second-order valence-electron chi connectivity index (χ2n) is 6.49. The van der Waals surface area contributed by atoms with Gasteiger partial charge in [0.25, 0.3) is 0 Å². The van der Waals surface area contributed by atoms with Gasteiger partial charge in [0, 0.05) is 12.0 Å². The zero-order valence-corrected chi connectivity index (χ0v) is 16.3. The second kappa shape index (κ2) is 10.1. The molecular weight excluding hydrogens is 366 g/mol. The molecule has 0 fully saturated rings. The molecule has 0 unspecified atom stereocenters. The second-order valence-corrected chi connectivity index (χ2v) is 6.49. The standard InChI is InChI=1S/C24H23NO4/c1-18(26)19-13-15-20(16-14-19)28-17-7-12-24(27)25-22-10-5-6-11-23(22)29-21-8-3-2-4-9-21/h2-6,8-11,13-16H,7,12,17H2,1H3,(H,25,27). The van der Waals surface area contributed by atoms with Gasteiger partial charge < -0.3 is 14.8 Å². The SMILES string of the molecule is CC(=O)c1ccc(OCCCC(=O)Nc2ccccc2Oc2ccccc2)cc1. The van der Waals surface area contributed by atoms with Crippen molar-refractivity contribution < 1.29 is 19.1 Å². The predicted octanol–water partition coefficient (Wildman–Crippen LogP) is 5.48. The van der Waals surface area contributed by atoms with E-state index in [1.807, 2.05) is 54.6 Å². The number of nitrogens with one attached hydrogen (secondary N) is 1. The largest absolute Gasteiger partial charge is 0.494 e. The number of rotatable bonds is 9. The normalized spacial score (nSPS) is 10.2. The molecular formula is C24H23NO4. The first kappa shape index (κ1) is 20.1. The molecule has 5 heteroatoms. The molecule has 5 nitrogen and oxygen atoms in total. The number of ether oxygens (including phenoxy) is 2. The lowest BCUT2D eigenvalue weighted by Gasteiger charge is -2.12. The molecule has 3 aromatic rings. The number of para-hydroxylation sites is 3. The average Bonchev–Trinajstić information content (AvgIpc) is 2.74. The van der Waals surface area contributed by atoms with Crippen LogP contribution in [0.3, 0.4) is 0 Å². The number of benzene rings is 3. The summed E-state index contributed by atoms with van der Waals surface area (Å²) < 4.78 is 11.5. The molecule has 0 heterocycles. The molecule has 0 aromatic heterocycles. The van der Waals surface area contributed by atoms with E-state index in [4.69, 9.17) is 9.47 Å². The number of carbonyl (C=O) groups excluding carboxylic acids is 2. The monoisotopic (exact) mass is 389 g/mol. The molecule has 0 saturated carbocycles. The fourth-order valence-electron chi connectivity index (χ4n) is 2.70. The number of carbonyl (C=O) groups is 2. The van der Waals surface area contributed by atoms with E-state index in [9.17, 15) is 9.59 Å². The molecule has 0 saturated heterocycles. The van der Waals surface area contributed by atoms with E-state index in [1.165, 1.54) is 6.92 Å². The fraction of sp³-hybridized carbons (Fsp3) is 0.167. The highest BCUT2D eigenvalue weighted by atomic mass is 16.5. The summed E-state index contributed by atoms with van der Waals surface area (Å²) in [6.45, 7) is 1.94. The predicted molar refractivity (Wildman–Crippen MR) is 113 cm³/mol. The van der Waals surface area contributed by atoms with Crippen LogP contribution in [0.15, 0.2) is 78.9 Å². The van der Waals surface area contributed by atoms with E-state index < -0.39 is 0 Å². The highest BCUT2D eigenvalue weighted by molar-refractivity contribution is 5.94. The third kappa shape index (κ3) is 6.21. The zero-order valence-electron chi connectivity index (χ0n) is 16.3. The highest BCUT2D eigenvalue weighted by Gasteiger charge is 2.09. The van der Waals surface area contributed by atoms with Gasteiger partial charge >= 0.3 is 0 Å². The fourth-order valence-corrected chi connectivity index (χ4v) is 2.70. The van der Waals surface area contributed by atoms with E-state index in [-0.39, 0.29) is 11.7 Å². The Labute approximate surface area is 170 Å². The Morgan fingerprint density at radius 3 is 2.24 bits per heavy atom. The molecule has 0 atom stereocenters. The van der Waals surface area contributed by atoms with Gasteiger partial charge in [-0.1, -0.05) is 30.3 Å². The maximum atomic E-state index is 12.3. The van der Waals surface area contributed by atoms with Crippen LogP contribution >= 0.6 is 0 Å². The van der Waals surface area contributed by atoms with Crippen LogP contribution < -0.4 is 14.8 Å². The summed E-state index contributed by atoms with van der Waals surface area (Å²) in [5.41, 5.74) is 1.27. The number of anilines is 1. The van der Waals surface area contributed by atoms with Crippen LogP contribution in [0.1, 0.15) is 30.1 Å². The minimum Gasteiger partial charge on any atom is -0.494 e. The number of Topliss-reactive ketones (excluding diaryl/α,β-unsaturated/α-hetero) is 1. The Hall–Kier alpha value is -3.60. The van der Waals surface area contributed by atoms with Gasteiger partial charge in [-0.15, -0.1) is 0 Å². The lowest BCUT2D eigenvalue weighted by molar-refractivity contribution is -0.116. The molecule has 0 radical (unpaired) electrons. The van der Waals surface area contributed by atoms with E-state index in [0.29, 0.717) is 47.9 Å². The number of hydrogen-bond acceptors (Lipinski definition) is 4. The zero-order chi connectivity index (χ0) is 20.5. The summed E-state index contributed by atoms with van der Waals surface area (Å²) in [6.07, 6.45) is 0.896. The molecule has 1 amide bonds. The summed E-state index contributed by atoms with van der Waals surface area (Å²) >= 11 is 0. The summed E-state index contributed by atoms with van der Waals surface area (Å²) in [6, 6.07) is 23.7. The van der Waals surface area contributed by atoms with E-state index in [0.717, 1.165) is 0 Å². The highest BCUT2D eigenvalue weighted by Crippen LogP contribution is 2.29. The van der Waals surface area contributed by atoms with Crippen molar-refractivity contribution in [1.29, 1.82) is 0 Å². The first-order chi connectivity index (χ1) is 14.1. The van der Waals surface area contributed by atoms with Gasteiger partial charge in [-0.2, -0.15) is 0 Å². The molecule has 0 aliphatic carbocycles. The summed E-state index contributed by atoms with van der Waals surface area (Å²) in [4.78, 5) is 23.6. The van der Waals surface area contributed by atoms with Crippen LogP contribution in [0.25, 0.3) is 0 Å². The third-order valence-electron chi connectivity index (χ3n) is 4.21. The Morgan fingerprint density at radius 2 is 1.52 bits per heavy atom. The Morgan fingerprint density at radius 1 is 0.828 bits per heavy atom. The lowest BCUT2D eigenvalue weighted by atomic mass is 10.1. The van der Waals surface area contributed by atoms with Crippen LogP contribution in [-0.4, -0.2) is 18.3 Å². The molecule has 3 aromatic carbocycles. The van der Waals surface area contributed by atoms with Crippen molar-refractivity contribution >= 4 is 17.4 Å². The maximum absolute atomic E-state index is 12.3. The van der Waals surface area contributed by atoms with Gasteiger partial charge in [-0.05, 0) is 61.9 Å². The molecule has 0 aliphatic rings. The maximum Gasteiger partial charge on any atom is 0.224 e. The summed E-state index contributed by atoms with van der Waals surface area (Å²) in [5, 5.41) is 2.89. The van der Waals surface area contributed by atoms with Gasteiger partial charge in [-0.3, -0.25) is 9.59 Å². The van der Waals surface area contributed by atoms with Gasteiger partial charge in [-0.25, -0.2) is 0 Å². The van der Waals surface area contributed by atoms with Crippen molar-refractivity contribution in [1.82, 2.24) is 0 Å². The summed E-state index contributed by atoms with van der Waals surface area (Å²) in [7, 11) is 0. The van der Waals surface area contributed by atoms with Crippen molar-refractivity contribution in [2.24, 2.45) is 0 Å². The van der Waals surface area contributed by atoms with Crippen LogP contribution in [0.5, 0.6) is 17.2 Å². The Balaban J connectivity index is 1.47. The number of amides is 1. The first-order valence-corrected chi connectivity index (χ1v) is 9.47. The third-order valence-corrected chi connectivity index (χ3v) is 4.21. The van der Waals surface area contributed by atoms with Crippen LogP contribution in [0.2, 0.25) is 0 Å². The minimum atomic E-state index is -0.107. The smallest absolute Gasteiger partial charge is 0.224 e. The molecule has 0 bridgehead atoms. The molecule has 29 heavy (non-hydrogen) atoms. The Kier molecular flexibility index (Phi) is 7.00. The van der Waals surface area contributed by atoms with Crippen molar-refractivity contribution in [2.75, 3.05) is 11.9 Å². The first-order valence-electron chi connectivity index (χ1n) is 9.47. The molecule has 0 aliphatic heterocycles. The van der Waals surface area contributed by atoms with E-state index in [2.05, 4.69) is 5.32 Å². The minimum absolute atomic E-state index is 0.0183.